The van der Waals surface area contributed by atoms with Gasteiger partial charge in [-0.05, 0) is 49.9 Å². The van der Waals surface area contributed by atoms with Gasteiger partial charge in [-0.3, -0.25) is 4.79 Å². The highest BCUT2D eigenvalue weighted by molar-refractivity contribution is 6.30. The van der Waals surface area contributed by atoms with Crippen molar-refractivity contribution < 1.29 is 14.6 Å². The average molecular weight is 271 g/mol. The summed E-state index contributed by atoms with van der Waals surface area (Å²) in [6, 6.07) is 3.59. The molecule has 0 atom stereocenters. The standard InChI is InChI=1S/C14H19ClO3/c1-5-11-9(8-14(2,3)13(16)17)6-10(15)7-12(11)18-4/h6-7H,5,8H2,1-4H3,(H,16,17). The summed E-state index contributed by atoms with van der Waals surface area (Å²) in [5.41, 5.74) is 1.14. The molecule has 1 aromatic carbocycles. The molecule has 0 aliphatic carbocycles. The molecule has 100 valence electrons. The molecule has 0 radical (unpaired) electrons. The molecule has 0 aliphatic rings. The lowest BCUT2D eigenvalue weighted by Crippen LogP contribution is -2.26. The molecule has 0 saturated heterocycles. The molecule has 3 nitrogen and oxygen atoms in total. The van der Waals surface area contributed by atoms with Crippen LogP contribution in [-0.4, -0.2) is 18.2 Å². The number of hydrogen-bond donors (Lipinski definition) is 1. The van der Waals surface area contributed by atoms with Crippen LogP contribution in [0.1, 0.15) is 31.9 Å². The summed E-state index contributed by atoms with van der Waals surface area (Å²) in [5.74, 6) is -0.0929. The van der Waals surface area contributed by atoms with Crippen LogP contribution >= 0.6 is 11.6 Å². The lowest BCUT2D eigenvalue weighted by molar-refractivity contribution is -0.146. The van der Waals surface area contributed by atoms with Crippen molar-refractivity contribution in [2.24, 2.45) is 5.41 Å². The second kappa shape index (κ2) is 5.61. The largest absolute Gasteiger partial charge is 0.496 e. The Labute approximate surface area is 113 Å². The van der Waals surface area contributed by atoms with Gasteiger partial charge in [-0.15, -0.1) is 0 Å². The van der Waals surface area contributed by atoms with Crippen LogP contribution in [0.4, 0.5) is 0 Å². The van der Waals surface area contributed by atoms with Crippen LogP contribution < -0.4 is 4.74 Å². The quantitative estimate of drug-likeness (QED) is 0.890. The van der Waals surface area contributed by atoms with Crippen LogP contribution in [0.15, 0.2) is 12.1 Å². The molecule has 1 aromatic rings. The van der Waals surface area contributed by atoms with E-state index in [4.69, 9.17) is 16.3 Å². The van der Waals surface area contributed by atoms with Crippen molar-refractivity contribution in [3.05, 3.63) is 28.3 Å². The van der Waals surface area contributed by atoms with E-state index in [1.807, 2.05) is 13.0 Å². The summed E-state index contributed by atoms with van der Waals surface area (Å²) in [6.07, 6.45) is 1.22. The second-order valence-electron chi connectivity index (χ2n) is 4.97. The summed E-state index contributed by atoms with van der Waals surface area (Å²) >= 11 is 6.04. The van der Waals surface area contributed by atoms with Gasteiger partial charge >= 0.3 is 5.97 Å². The number of benzene rings is 1. The van der Waals surface area contributed by atoms with Gasteiger partial charge < -0.3 is 9.84 Å². The number of methoxy groups -OCH3 is 1. The lowest BCUT2D eigenvalue weighted by atomic mass is 9.83. The molecular formula is C14H19ClO3. The summed E-state index contributed by atoms with van der Waals surface area (Å²) in [7, 11) is 1.59. The monoisotopic (exact) mass is 270 g/mol. The topological polar surface area (TPSA) is 46.5 Å². The van der Waals surface area contributed by atoms with Crippen LogP contribution in [0, 0.1) is 5.41 Å². The molecule has 4 heteroatoms. The van der Waals surface area contributed by atoms with Crippen molar-refractivity contribution in [2.75, 3.05) is 7.11 Å². The molecular weight excluding hydrogens is 252 g/mol. The minimum absolute atomic E-state index is 0.433. The molecule has 0 spiro atoms. The van der Waals surface area contributed by atoms with Crippen LogP contribution in [-0.2, 0) is 17.6 Å². The fourth-order valence-corrected chi connectivity index (χ4v) is 2.19. The fourth-order valence-electron chi connectivity index (χ4n) is 1.96. The Balaban J connectivity index is 3.23. The predicted octanol–water partition coefficient (Wildman–Crippen LogP) is 3.56. The number of aliphatic carboxylic acids is 1. The van der Waals surface area contributed by atoms with Crippen molar-refractivity contribution in [3.8, 4) is 5.75 Å². The molecule has 0 heterocycles. The molecule has 1 N–H and O–H groups in total. The normalized spacial score (nSPS) is 11.4. The van der Waals surface area contributed by atoms with Gasteiger partial charge in [0.05, 0.1) is 12.5 Å². The predicted molar refractivity (Wildman–Crippen MR) is 72.5 cm³/mol. The number of halogens is 1. The first-order valence-corrected chi connectivity index (χ1v) is 6.28. The second-order valence-corrected chi connectivity index (χ2v) is 5.40. The summed E-state index contributed by atoms with van der Waals surface area (Å²) in [4.78, 5) is 11.2. The molecule has 0 bridgehead atoms. The maximum atomic E-state index is 11.2. The van der Waals surface area contributed by atoms with E-state index < -0.39 is 11.4 Å². The van der Waals surface area contributed by atoms with Crippen LogP contribution in [0.5, 0.6) is 5.75 Å². The molecule has 18 heavy (non-hydrogen) atoms. The van der Waals surface area contributed by atoms with E-state index in [1.54, 1.807) is 27.0 Å². The van der Waals surface area contributed by atoms with Gasteiger partial charge in [0.25, 0.3) is 0 Å². The first-order valence-electron chi connectivity index (χ1n) is 5.90. The zero-order chi connectivity index (χ0) is 13.9. The highest BCUT2D eigenvalue weighted by atomic mass is 35.5. The molecule has 0 aliphatic heterocycles. The van der Waals surface area contributed by atoms with E-state index in [9.17, 15) is 9.90 Å². The molecule has 0 saturated carbocycles. The number of carboxylic acids is 1. The maximum absolute atomic E-state index is 11.2. The molecule has 0 amide bonds. The highest BCUT2D eigenvalue weighted by Crippen LogP contribution is 2.32. The SMILES string of the molecule is CCc1c(CC(C)(C)C(=O)O)cc(Cl)cc1OC. The van der Waals surface area contributed by atoms with Crippen molar-refractivity contribution in [1.82, 2.24) is 0 Å². The smallest absolute Gasteiger partial charge is 0.309 e. The van der Waals surface area contributed by atoms with Gasteiger partial charge in [0.1, 0.15) is 5.75 Å². The third kappa shape index (κ3) is 3.16. The number of hydrogen-bond acceptors (Lipinski definition) is 2. The van der Waals surface area contributed by atoms with E-state index in [1.165, 1.54) is 0 Å². The van der Waals surface area contributed by atoms with Crippen molar-refractivity contribution >= 4 is 17.6 Å². The number of rotatable bonds is 5. The Morgan fingerprint density at radius 2 is 2.06 bits per heavy atom. The maximum Gasteiger partial charge on any atom is 0.309 e. The van der Waals surface area contributed by atoms with Crippen LogP contribution in [0.25, 0.3) is 0 Å². The average Bonchev–Trinajstić information content (AvgIpc) is 2.27. The Hall–Kier alpha value is -1.22. The summed E-state index contributed by atoms with van der Waals surface area (Å²) < 4.78 is 5.30. The van der Waals surface area contributed by atoms with Gasteiger partial charge in [-0.25, -0.2) is 0 Å². The minimum Gasteiger partial charge on any atom is -0.496 e. The zero-order valence-electron chi connectivity index (χ0n) is 11.2. The van der Waals surface area contributed by atoms with E-state index in [0.29, 0.717) is 11.4 Å². The number of ether oxygens (including phenoxy) is 1. The van der Waals surface area contributed by atoms with Gasteiger partial charge in [0.15, 0.2) is 0 Å². The van der Waals surface area contributed by atoms with Crippen molar-refractivity contribution in [1.29, 1.82) is 0 Å². The van der Waals surface area contributed by atoms with E-state index in [0.717, 1.165) is 23.3 Å². The van der Waals surface area contributed by atoms with Gasteiger partial charge in [0, 0.05) is 5.02 Å². The minimum atomic E-state index is -0.820. The van der Waals surface area contributed by atoms with Gasteiger partial charge in [0.2, 0.25) is 0 Å². The fraction of sp³-hybridized carbons (Fsp3) is 0.500. The third-order valence-corrected chi connectivity index (χ3v) is 3.27. The first-order chi connectivity index (χ1) is 8.31. The van der Waals surface area contributed by atoms with Crippen LogP contribution in [0.2, 0.25) is 5.02 Å². The lowest BCUT2D eigenvalue weighted by Gasteiger charge is -2.22. The third-order valence-electron chi connectivity index (χ3n) is 3.05. The molecule has 0 aromatic heterocycles. The number of carbonyl (C=O) groups is 1. The highest BCUT2D eigenvalue weighted by Gasteiger charge is 2.28. The van der Waals surface area contributed by atoms with E-state index in [2.05, 4.69) is 0 Å². The number of carboxylic acid groups (broad SMARTS) is 1. The van der Waals surface area contributed by atoms with E-state index >= 15 is 0 Å². The zero-order valence-corrected chi connectivity index (χ0v) is 12.0. The van der Waals surface area contributed by atoms with E-state index in [-0.39, 0.29) is 0 Å². The Kier molecular flexibility index (Phi) is 4.63. The Morgan fingerprint density at radius 3 is 2.50 bits per heavy atom. The molecule has 0 unspecified atom stereocenters. The summed E-state index contributed by atoms with van der Waals surface area (Å²) in [6.45, 7) is 5.44. The molecule has 1 rings (SSSR count). The molecule has 0 fully saturated rings. The first kappa shape index (κ1) is 14.8. The Morgan fingerprint density at radius 1 is 1.44 bits per heavy atom. The Bertz CT molecular complexity index is 453. The summed E-state index contributed by atoms with van der Waals surface area (Å²) in [5, 5.41) is 9.77. The van der Waals surface area contributed by atoms with Gasteiger partial charge in [-0.1, -0.05) is 18.5 Å². The van der Waals surface area contributed by atoms with Crippen molar-refractivity contribution in [2.45, 2.75) is 33.6 Å². The van der Waals surface area contributed by atoms with Gasteiger partial charge in [-0.2, -0.15) is 0 Å². The van der Waals surface area contributed by atoms with Crippen LogP contribution in [0.3, 0.4) is 0 Å². The van der Waals surface area contributed by atoms with Crippen molar-refractivity contribution in [3.63, 3.8) is 0 Å².